The van der Waals surface area contributed by atoms with Gasteiger partial charge in [0, 0.05) is 20.1 Å². The maximum absolute atomic E-state index is 12.0. The van der Waals surface area contributed by atoms with Gasteiger partial charge in [0.2, 0.25) is 21.8 Å². The second kappa shape index (κ2) is 6.34. The number of carbonyl (C=O) groups excluding carboxylic acids is 3. The van der Waals surface area contributed by atoms with Gasteiger partial charge in [0.1, 0.15) is 5.92 Å². The molecule has 0 spiro atoms. The predicted molar refractivity (Wildman–Crippen MR) is 79.3 cm³/mol. The molecule has 1 unspecified atom stereocenters. The lowest BCUT2D eigenvalue weighted by Crippen LogP contribution is -2.56. The average molecular weight is 340 g/mol. The summed E-state index contributed by atoms with van der Waals surface area (Å²) in [6, 6.07) is 5.14. The van der Waals surface area contributed by atoms with Gasteiger partial charge in [0.05, 0.1) is 4.90 Å². The summed E-state index contributed by atoms with van der Waals surface area (Å²) in [5.41, 5.74) is 0.645. The van der Waals surface area contributed by atoms with E-state index < -0.39 is 33.8 Å². The van der Waals surface area contributed by atoms with Crippen LogP contribution in [0.3, 0.4) is 0 Å². The van der Waals surface area contributed by atoms with Crippen LogP contribution < -0.4 is 15.8 Å². The number of urea groups is 1. The van der Waals surface area contributed by atoms with Crippen molar-refractivity contribution >= 4 is 27.9 Å². The molecule has 1 saturated heterocycles. The predicted octanol–water partition coefficient (Wildman–Crippen LogP) is -1.25. The highest BCUT2D eigenvalue weighted by Gasteiger charge is 2.36. The molecule has 1 aliphatic rings. The molecule has 0 aliphatic carbocycles. The van der Waals surface area contributed by atoms with Crippen molar-refractivity contribution in [3.8, 4) is 0 Å². The Morgan fingerprint density at radius 2 is 1.96 bits per heavy atom. The van der Waals surface area contributed by atoms with Gasteiger partial charge in [-0.3, -0.25) is 14.5 Å². The van der Waals surface area contributed by atoms with Crippen molar-refractivity contribution < 1.29 is 22.8 Å². The van der Waals surface area contributed by atoms with E-state index in [2.05, 4.69) is 10.6 Å². The number of sulfonamides is 1. The van der Waals surface area contributed by atoms with Crippen LogP contribution in [0.4, 0.5) is 4.79 Å². The Morgan fingerprint density at radius 1 is 1.35 bits per heavy atom. The van der Waals surface area contributed by atoms with Gasteiger partial charge in [-0.1, -0.05) is 12.1 Å². The number of imide groups is 1. The second-order valence-electron chi connectivity index (χ2n) is 5.04. The number of amides is 4. The van der Waals surface area contributed by atoms with E-state index >= 15 is 0 Å². The van der Waals surface area contributed by atoms with E-state index in [1.807, 2.05) is 0 Å². The normalized spacial score (nSPS) is 18.5. The zero-order valence-electron chi connectivity index (χ0n) is 12.3. The smallest absolute Gasteiger partial charge is 0.323 e. The number of rotatable bonds is 4. The zero-order chi connectivity index (χ0) is 17.2. The SMILES string of the molecule is CN1C(=O)NCC(C(=O)NCc2ccc(S(N)(=O)=O)cc2)C1=O. The van der Waals surface area contributed by atoms with Gasteiger partial charge in [-0.05, 0) is 17.7 Å². The highest BCUT2D eigenvalue weighted by molar-refractivity contribution is 7.89. The first kappa shape index (κ1) is 16.9. The van der Waals surface area contributed by atoms with Gasteiger partial charge in [-0.2, -0.15) is 0 Å². The van der Waals surface area contributed by atoms with Crippen LogP contribution in [0, 0.1) is 5.92 Å². The molecule has 124 valence electrons. The topological polar surface area (TPSA) is 139 Å². The third-order valence-corrected chi connectivity index (χ3v) is 4.36. The van der Waals surface area contributed by atoms with Crippen LogP contribution in [0.1, 0.15) is 5.56 Å². The zero-order valence-corrected chi connectivity index (χ0v) is 13.1. The standard InChI is InChI=1S/C13H16N4O5S/c1-17-12(19)10(7-16-13(17)20)11(18)15-6-8-2-4-9(5-3-8)23(14,21)22/h2-5,10H,6-7H2,1H3,(H,15,18)(H,16,20)(H2,14,21,22). The van der Waals surface area contributed by atoms with Crippen molar-refractivity contribution in [2.24, 2.45) is 11.1 Å². The first-order chi connectivity index (χ1) is 10.7. The molecule has 0 radical (unpaired) electrons. The number of benzene rings is 1. The minimum atomic E-state index is -3.76. The quantitative estimate of drug-likeness (QED) is 0.588. The van der Waals surface area contributed by atoms with Crippen LogP contribution >= 0.6 is 0 Å². The van der Waals surface area contributed by atoms with E-state index in [-0.39, 0.29) is 18.0 Å². The molecule has 0 aromatic heterocycles. The van der Waals surface area contributed by atoms with Crippen LogP contribution in [-0.2, 0) is 26.2 Å². The maximum atomic E-state index is 12.0. The molecule has 23 heavy (non-hydrogen) atoms. The summed E-state index contributed by atoms with van der Waals surface area (Å²) >= 11 is 0. The van der Waals surface area contributed by atoms with Crippen molar-refractivity contribution in [3.05, 3.63) is 29.8 Å². The van der Waals surface area contributed by atoms with Crippen LogP contribution in [-0.4, -0.2) is 44.8 Å². The van der Waals surface area contributed by atoms with Crippen LogP contribution in [0.2, 0.25) is 0 Å². The molecule has 10 heteroatoms. The van der Waals surface area contributed by atoms with E-state index in [1.165, 1.54) is 31.3 Å². The first-order valence-corrected chi connectivity index (χ1v) is 8.19. The molecule has 0 bridgehead atoms. The van der Waals surface area contributed by atoms with Gasteiger partial charge in [-0.15, -0.1) is 0 Å². The average Bonchev–Trinajstić information content (AvgIpc) is 2.50. The van der Waals surface area contributed by atoms with E-state index in [0.29, 0.717) is 5.56 Å². The van der Waals surface area contributed by atoms with Crippen molar-refractivity contribution in [2.45, 2.75) is 11.4 Å². The van der Waals surface area contributed by atoms with Crippen molar-refractivity contribution in [2.75, 3.05) is 13.6 Å². The summed E-state index contributed by atoms with van der Waals surface area (Å²) in [6.07, 6.45) is 0. The molecule has 1 atom stereocenters. The minimum absolute atomic E-state index is 0.0284. The summed E-state index contributed by atoms with van der Waals surface area (Å²) < 4.78 is 22.3. The fourth-order valence-electron chi connectivity index (χ4n) is 2.04. The number of nitrogens with two attached hydrogens (primary N) is 1. The lowest BCUT2D eigenvalue weighted by Gasteiger charge is -2.27. The number of primary sulfonamides is 1. The Kier molecular flexibility index (Phi) is 4.66. The lowest BCUT2D eigenvalue weighted by atomic mass is 10.1. The summed E-state index contributed by atoms with van der Waals surface area (Å²) in [4.78, 5) is 36.0. The lowest BCUT2D eigenvalue weighted by molar-refractivity contribution is -0.140. The number of nitrogens with zero attached hydrogens (tertiary/aromatic N) is 1. The monoisotopic (exact) mass is 340 g/mol. The van der Waals surface area contributed by atoms with E-state index in [1.54, 1.807) is 0 Å². The van der Waals surface area contributed by atoms with Crippen LogP contribution in [0.5, 0.6) is 0 Å². The molecule has 1 aliphatic heterocycles. The highest BCUT2D eigenvalue weighted by Crippen LogP contribution is 2.10. The summed E-state index contributed by atoms with van der Waals surface area (Å²) in [5, 5.41) is 10.0. The molecular formula is C13H16N4O5S. The molecule has 1 heterocycles. The highest BCUT2D eigenvalue weighted by atomic mass is 32.2. The fraction of sp³-hybridized carbons (Fsp3) is 0.308. The summed E-state index contributed by atoms with van der Waals surface area (Å²) in [5.74, 6) is -2.07. The molecule has 0 saturated carbocycles. The summed E-state index contributed by atoms with van der Waals surface area (Å²) in [7, 11) is -2.47. The molecule has 1 fully saturated rings. The van der Waals surface area contributed by atoms with Crippen LogP contribution in [0.15, 0.2) is 29.2 Å². The van der Waals surface area contributed by atoms with Gasteiger partial charge >= 0.3 is 6.03 Å². The molecule has 4 amide bonds. The number of carbonyl (C=O) groups is 3. The molecular weight excluding hydrogens is 324 g/mol. The first-order valence-electron chi connectivity index (χ1n) is 6.65. The van der Waals surface area contributed by atoms with Gasteiger partial charge < -0.3 is 10.6 Å². The number of hydrogen-bond donors (Lipinski definition) is 3. The Balaban J connectivity index is 1.97. The van der Waals surface area contributed by atoms with Gasteiger partial charge in [0.25, 0.3) is 0 Å². The number of nitrogens with one attached hydrogen (secondary N) is 2. The molecule has 4 N–H and O–H groups in total. The van der Waals surface area contributed by atoms with Crippen LogP contribution in [0.25, 0.3) is 0 Å². The largest absolute Gasteiger partial charge is 0.351 e. The maximum Gasteiger partial charge on any atom is 0.323 e. The minimum Gasteiger partial charge on any atom is -0.351 e. The van der Waals surface area contributed by atoms with E-state index in [0.717, 1.165) is 4.90 Å². The van der Waals surface area contributed by atoms with E-state index in [9.17, 15) is 22.8 Å². The Morgan fingerprint density at radius 3 is 2.52 bits per heavy atom. The Bertz CT molecular complexity index is 744. The Hall–Kier alpha value is -2.46. The third-order valence-electron chi connectivity index (χ3n) is 3.43. The third kappa shape index (κ3) is 3.85. The van der Waals surface area contributed by atoms with Crippen molar-refractivity contribution in [1.82, 2.24) is 15.5 Å². The molecule has 9 nitrogen and oxygen atoms in total. The van der Waals surface area contributed by atoms with E-state index in [4.69, 9.17) is 5.14 Å². The summed E-state index contributed by atoms with van der Waals surface area (Å²) in [6.45, 7) is 0.0589. The molecule has 2 rings (SSSR count). The molecule has 1 aromatic rings. The fourth-order valence-corrected chi connectivity index (χ4v) is 2.56. The van der Waals surface area contributed by atoms with Gasteiger partial charge in [-0.25, -0.2) is 18.4 Å². The van der Waals surface area contributed by atoms with Crippen molar-refractivity contribution in [3.63, 3.8) is 0 Å². The van der Waals surface area contributed by atoms with Crippen molar-refractivity contribution in [1.29, 1.82) is 0 Å². The Labute approximate surface area is 132 Å². The van der Waals surface area contributed by atoms with Gasteiger partial charge in [0.15, 0.2) is 0 Å². The second-order valence-corrected chi connectivity index (χ2v) is 6.60. The molecule has 1 aromatic carbocycles. The number of hydrogen-bond acceptors (Lipinski definition) is 5.